The van der Waals surface area contributed by atoms with Crippen LogP contribution in [0.25, 0.3) is 5.57 Å². The molecule has 3 aromatic rings. The van der Waals surface area contributed by atoms with E-state index in [4.69, 9.17) is 4.74 Å². The van der Waals surface area contributed by atoms with Crippen molar-refractivity contribution in [1.82, 2.24) is 4.57 Å². The summed E-state index contributed by atoms with van der Waals surface area (Å²) in [5, 5.41) is 0. The minimum Gasteiger partial charge on any atom is -0.463 e. The van der Waals surface area contributed by atoms with Crippen molar-refractivity contribution in [3.05, 3.63) is 96.2 Å². The lowest BCUT2D eigenvalue weighted by Gasteiger charge is -2.26. The second-order valence-electron chi connectivity index (χ2n) is 10.8. The third-order valence-corrected chi connectivity index (χ3v) is 8.24. The van der Waals surface area contributed by atoms with Crippen molar-refractivity contribution >= 4 is 34.5 Å². The Morgan fingerprint density at radius 1 is 1.05 bits per heavy atom. The first-order chi connectivity index (χ1) is 18.6. The van der Waals surface area contributed by atoms with Crippen LogP contribution in [-0.4, -0.2) is 29.6 Å². The summed E-state index contributed by atoms with van der Waals surface area (Å²) in [6.45, 7) is 12.7. The van der Waals surface area contributed by atoms with Crippen LogP contribution in [0.4, 0.5) is 5.69 Å². The number of fused-ring (bicyclic) bond motifs is 2. The average Bonchev–Trinajstić information content (AvgIpc) is 3.36. The SMILES string of the molecule is CCCN1C(=O)C(=c2sc3n(c2=O)C(c2ccc(C(C)(C)C)cc2)C(C(=O)OCC)=C(C)N=3)c2ccccc21. The van der Waals surface area contributed by atoms with Gasteiger partial charge in [-0.05, 0) is 42.9 Å². The van der Waals surface area contributed by atoms with Gasteiger partial charge in [0.25, 0.3) is 11.5 Å². The molecule has 5 rings (SSSR count). The minimum atomic E-state index is -0.720. The zero-order chi connectivity index (χ0) is 28.1. The lowest BCUT2D eigenvalue weighted by atomic mass is 9.85. The number of esters is 1. The van der Waals surface area contributed by atoms with Gasteiger partial charge in [0.15, 0.2) is 4.80 Å². The Morgan fingerprint density at radius 2 is 1.74 bits per heavy atom. The normalized spacial score (nSPS) is 18.2. The molecule has 1 amide bonds. The monoisotopic (exact) mass is 543 g/mol. The smallest absolute Gasteiger partial charge is 0.338 e. The second kappa shape index (κ2) is 10.1. The van der Waals surface area contributed by atoms with E-state index in [0.29, 0.717) is 32.7 Å². The highest BCUT2D eigenvalue weighted by Crippen LogP contribution is 2.36. The van der Waals surface area contributed by atoms with E-state index in [1.165, 1.54) is 11.3 Å². The molecule has 2 aliphatic rings. The number of carbonyl (C=O) groups is 2. The van der Waals surface area contributed by atoms with Crippen molar-refractivity contribution < 1.29 is 14.3 Å². The Hall–Kier alpha value is -3.78. The molecular weight excluding hydrogens is 510 g/mol. The molecule has 0 saturated carbocycles. The maximum absolute atomic E-state index is 14.2. The lowest BCUT2D eigenvalue weighted by molar-refractivity contribution is -0.139. The molecular formula is C31H33N3O4S. The largest absolute Gasteiger partial charge is 0.463 e. The third kappa shape index (κ3) is 4.46. The van der Waals surface area contributed by atoms with Crippen LogP contribution in [0, 0.1) is 0 Å². The van der Waals surface area contributed by atoms with Crippen molar-refractivity contribution in [2.75, 3.05) is 18.1 Å². The van der Waals surface area contributed by atoms with Gasteiger partial charge in [-0.1, -0.05) is 81.5 Å². The number of carbonyl (C=O) groups excluding carboxylic acids is 2. The predicted octanol–water partition coefficient (Wildman–Crippen LogP) is 4.22. The van der Waals surface area contributed by atoms with Gasteiger partial charge in [0, 0.05) is 12.1 Å². The van der Waals surface area contributed by atoms with Gasteiger partial charge < -0.3 is 9.64 Å². The van der Waals surface area contributed by atoms with E-state index in [1.807, 2.05) is 55.5 Å². The quantitative estimate of drug-likeness (QED) is 0.452. The van der Waals surface area contributed by atoms with Gasteiger partial charge in [-0.3, -0.25) is 14.2 Å². The van der Waals surface area contributed by atoms with Crippen molar-refractivity contribution in [2.24, 2.45) is 4.99 Å². The minimum absolute atomic E-state index is 0.0507. The molecule has 8 heteroatoms. The lowest BCUT2D eigenvalue weighted by Crippen LogP contribution is -2.41. The van der Waals surface area contributed by atoms with Crippen LogP contribution >= 0.6 is 11.3 Å². The Kier molecular flexibility index (Phi) is 6.93. The van der Waals surface area contributed by atoms with Gasteiger partial charge in [0.2, 0.25) is 0 Å². The number of anilines is 1. The number of para-hydroxylation sites is 1. The van der Waals surface area contributed by atoms with Gasteiger partial charge in [-0.15, -0.1) is 0 Å². The zero-order valence-electron chi connectivity index (χ0n) is 23.2. The van der Waals surface area contributed by atoms with Gasteiger partial charge in [0.1, 0.15) is 4.53 Å². The fourth-order valence-electron chi connectivity index (χ4n) is 5.27. The average molecular weight is 544 g/mol. The summed E-state index contributed by atoms with van der Waals surface area (Å²) in [4.78, 5) is 47.9. The molecule has 3 heterocycles. The maximum Gasteiger partial charge on any atom is 0.338 e. The van der Waals surface area contributed by atoms with Crippen molar-refractivity contribution in [3.8, 4) is 0 Å². The van der Waals surface area contributed by atoms with Gasteiger partial charge in [-0.25, -0.2) is 9.79 Å². The van der Waals surface area contributed by atoms with Crippen LogP contribution < -0.4 is 19.8 Å². The number of benzene rings is 2. The molecule has 7 nitrogen and oxygen atoms in total. The number of hydrogen-bond donors (Lipinski definition) is 0. The number of rotatable bonds is 5. The Labute approximate surface area is 231 Å². The summed E-state index contributed by atoms with van der Waals surface area (Å²) in [6, 6.07) is 14.8. The molecule has 1 atom stereocenters. The zero-order valence-corrected chi connectivity index (χ0v) is 24.0. The Bertz CT molecular complexity index is 1690. The number of ether oxygens (including phenoxy) is 1. The molecule has 39 heavy (non-hydrogen) atoms. The van der Waals surface area contributed by atoms with Crippen molar-refractivity contribution in [2.45, 2.75) is 59.4 Å². The molecule has 0 N–H and O–H groups in total. The molecule has 0 aliphatic carbocycles. The molecule has 2 aromatic carbocycles. The number of thiazole rings is 1. The summed E-state index contributed by atoms with van der Waals surface area (Å²) in [7, 11) is 0. The molecule has 1 unspecified atom stereocenters. The topological polar surface area (TPSA) is 81.0 Å². The third-order valence-electron chi connectivity index (χ3n) is 7.18. The van der Waals surface area contributed by atoms with Crippen molar-refractivity contribution in [3.63, 3.8) is 0 Å². The molecule has 0 bridgehead atoms. The van der Waals surface area contributed by atoms with Crippen LogP contribution in [0.15, 0.2) is 69.6 Å². The molecule has 0 spiro atoms. The fourth-order valence-corrected chi connectivity index (χ4v) is 6.40. The number of allylic oxidation sites excluding steroid dienone is 1. The first kappa shape index (κ1) is 26.8. The van der Waals surface area contributed by atoms with Crippen molar-refractivity contribution in [1.29, 1.82) is 0 Å². The van der Waals surface area contributed by atoms with Gasteiger partial charge >= 0.3 is 5.97 Å². The summed E-state index contributed by atoms with van der Waals surface area (Å²) >= 11 is 1.20. The van der Waals surface area contributed by atoms with Crippen LogP contribution in [-0.2, 0) is 19.7 Å². The molecule has 0 radical (unpaired) electrons. The summed E-state index contributed by atoms with van der Waals surface area (Å²) < 4.78 is 7.30. The highest BCUT2D eigenvalue weighted by molar-refractivity contribution is 7.07. The summed E-state index contributed by atoms with van der Waals surface area (Å²) in [5.41, 5.74) is 4.31. The van der Waals surface area contributed by atoms with E-state index in [-0.39, 0.29) is 23.5 Å². The Morgan fingerprint density at radius 3 is 2.38 bits per heavy atom. The highest BCUT2D eigenvalue weighted by Gasteiger charge is 2.37. The summed E-state index contributed by atoms with van der Waals surface area (Å²) in [6.07, 6.45) is 0.793. The van der Waals surface area contributed by atoms with E-state index in [0.717, 1.165) is 28.8 Å². The molecule has 202 valence electrons. The highest BCUT2D eigenvalue weighted by atomic mass is 32.1. The maximum atomic E-state index is 14.2. The predicted molar refractivity (Wildman–Crippen MR) is 154 cm³/mol. The first-order valence-electron chi connectivity index (χ1n) is 13.3. The van der Waals surface area contributed by atoms with Crippen LogP contribution in [0.5, 0.6) is 0 Å². The molecule has 1 aromatic heterocycles. The van der Waals surface area contributed by atoms with E-state index in [9.17, 15) is 14.4 Å². The van der Waals surface area contributed by atoms with Crippen LogP contribution in [0.3, 0.4) is 0 Å². The van der Waals surface area contributed by atoms with E-state index >= 15 is 0 Å². The van der Waals surface area contributed by atoms with E-state index < -0.39 is 12.0 Å². The number of aromatic nitrogens is 1. The Balaban J connectivity index is 1.78. The van der Waals surface area contributed by atoms with Crippen LogP contribution in [0.1, 0.15) is 70.7 Å². The first-order valence-corrected chi connectivity index (χ1v) is 14.1. The van der Waals surface area contributed by atoms with Crippen LogP contribution in [0.2, 0.25) is 0 Å². The molecule has 2 aliphatic heterocycles. The fraction of sp³-hybridized carbons (Fsp3) is 0.355. The second-order valence-corrected chi connectivity index (χ2v) is 11.8. The van der Waals surface area contributed by atoms with E-state index in [2.05, 4.69) is 25.8 Å². The number of nitrogens with zero attached hydrogens (tertiary/aromatic N) is 3. The number of amides is 1. The van der Waals surface area contributed by atoms with Gasteiger partial charge in [-0.2, -0.15) is 0 Å². The summed E-state index contributed by atoms with van der Waals surface area (Å²) in [5.74, 6) is -0.686. The van der Waals surface area contributed by atoms with E-state index in [1.54, 1.807) is 23.3 Å². The van der Waals surface area contributed by atoms with Gasteiger partial charge in [0.05, 0.1) is 35.2 Å². The number of hydrogen-bond acceptors (Lipinski definition) is 6. The molecule has 0 fully saturated rings. The molecule has 0 saturated heterocycles. The standard InChI is InChI=1S/C31H33N3O4S/c1-7-17-33-22-12-10-9-11-21(22)24(27(33)35)26-28(36)34-25(19-13-15-20(16-14-19)31(4,5)6)23(29(37)38-8-2)18(3)32-30(34)39-26/h9-16,25H,7-8,17H2,1-6H3.